The Morgan fingerprint density at radius 1 is 1.20 bits per heavy atom. The summed E-state index contributed by atoms with van der Waals surface area (Å²) in [6.07, 6.45) is 1.28. The first-order valence-electron chi connectivity index (χ1n) is 6.75. The number of aryl methyl sites for hydroxylation is 1. The number of hydrogen-bond acceptors (Lipinski definition) is 4. The molecule has 1 aromatic heterocycles. The first-order chi connectivity index (χ1) is 9.61. The number of nitrogens with zero attached hydrogens (tertiary/aromatic N) is 3. The summed E-state index contributed by atoms with van der Waals surface area (Å²) in [5, 5.41) is 0. The minimum atomic E-state index is -0.309. The number of carbonyl (C=O) groups excluding carboxylic acids is 2. The average molecular weight is 277 g/mol. The fraction of sp³-hybridized carbons (Fsp3) is 0.500. The number of amides is 2. The number of rotatable bonds is 2. The number of carbonyl (C=O) groups is 2. The lowest BCUT2D eigenvalue weighted by Gasteiger charge is -2.34. The first kappa shape index (κ1) is 14.3. The Morgan fingerprint density at radius 3 is 2.40 bits per heavy atom. The summed E-state index contributed by atoms with van der Waals surface area (Å²) in [4.78, 5) is 31.3. The highest BCUT2D eigenvalue weighted by atomic mass is 16.6. The van der Waals surface area contributed by atoms with Crippen LogP contribution < -0.4 is 0 Å². The van der Waals surface area contributed by atoms with Crippen molar-refractivity contribution in [1.29, 1.82) is 0 Å². The molecule has 1 aliphatic heterocycles. The third-order valence-corrected chi connectivity index (χ3v) is 3.25. The Kier molecular flexibility index (Phi) is 4.55. The lowest BCUT2D eigenvalue weighted by atomic mass is 10.2. The van der Waals surface area contributed by atoms with Gasteiger partial charge < -0.3 is 14.5 Å². The SMILES string of the molecule is CCOC(=O)N1CCN(C(=O)c2ccc(C)nc2)CC1. The number of hydrogen-bond donors (Lipinski definition) is 0. The van der Waals surface area contributed by atoms with Gasteiger partial charge in [-0.05, 0) is 26.0 Å². The van der Waals surface area contributed by atoms with E-state index in [0.717, 1.165) is 5.69 Å². The molecule has 2 heterocycles. The molecular formula is C14H19N3O3. The van der Waals surface area contributed by atoms with Crippen molar-refractivity contribution in [1.82, 2.24) is 14.8 Å². The zero-order valence-electron chi connectivity index (χ0n) is 11.8. The summed E-state index contributed by atoms with van der Waals surface area (Å²) in [6.45, 7) is 6.08. The molecule has 0 saturated carbocycles. The number of aromatic nitrogens is 1. The highest BCUT2D eigenvalue weighted by Crippen LogP contribution is 2.09. The van der Waals surface area contributed by atoms with E-state index in [4.69, 9.17) is 4.74 Å². The topological polar surface area (TPSA) is 62.7 Å². The van der Waals surface area contributed by atoms with E-state index in [-0.39, 0.29) is 12.0 Å². The van der Waals surface area contributed by atoms with Crippen molar-refractivity contribution >= 4 is 12.0 Å². The lowest BCUT2D eigenvalue weighted by molar-refractivity contribution is 0.0570. The average Bonchev–Trinajstić information content (AvgIpc) is 2.48. The smallest absolute Gasteiger partial charge is 0.409 e. The number of piperazine rings is 1. The van der Waals surface area contributed by atoms with Crippen LogP contribution in [0.1, 0.15) is 23.0 Å². The second kappa shape index (κ2) is 6.36. The summed E-state index contributed by atoms with van der Waals surface area (Å²) in [7, 11) is 0. The Balaban J connectivity index is 1.92. The van der Waals surface area contributed by atoms with Gasteiger partial charge in [0.25, 0.3) is 5.91 Å². The van der Waals surface area contributed by atoms with Crippen molar-refractivity contribution < 1.29 is 14.3 Å². The van der Waals surface area contributed by atoms with E-state index in [1.54, 1.807) is 29.0 Å². The molecule has 20 heavy (non-hydrogen) atoms. The number of pyridine rings is 1. The maximum atomic E-state index is 12.3. The predicted octanol–water partition coefficient (Wildman–Crippen LogP) is 1.30. The molecular weight excluding hydrogens is 258 g/mol. The molecule has 0 atom stereocenters. The molecule has 108 valence electrons. The Labute approximate surface area is 118 Å². The molecule has 1 saturated heterocycles. The van der Waals surface area contributed by atoms with Crippen LogP contribution in [-0.2, 0) is 4.74 Å². The summed E-state index contributed by atoms with van der Waals surface area (Å²) < 4.78 is 4.95. The van der Waals surface area contributed by atoms with Gasteiger partial charge in [0, 0.05) is 38.1 Å². The van der Waals surface area contributed by atoms with Crippen molar-refractivity contribution in [2.75, 3.05) is 32.8 Å². The zero-order chi connectivity index (χ0) is 14.5. The van der Waals surface area contributed by atoms with Crippen molar-refractivity contribution in [3.63, 3.8) is 0 Å². The molecule has 0 aliphatic carbocycles. The van der Waals surface area contributed by atoms with Crippen LogP contribution in [0.4, 0.5) is 4.79 Å². The lowest BCUT2D eigenvalue weighted by Crippen LogP contribution is -2.50. The van der Waals surface area contributed by atoms with Crippen LogP contribution in [0.2, 0.25) is 0 Å². The first-order valence-corrected chi connectivity index (χ1v) is 6.75. The van der Waals surface area contributed by atoms with Crippen molar-refractivity contribution in [2.24, 2.45) is 0 Å². The van der Waals surface area contributed by atoms with Gasteiger partial charge in [-0.3, -0.25) is 9.78 Å². The van der Waals surface area contributed by atoms with Gasteiger partial charge in [0.2, 0.25) is 0 Å². The van der Waals surface area contributed by atoms with E-state index in [0.29, 0.717) is 38.3 Å². The Morgan fingerprint density at radius 2 is 1.85 bits per heavy atom. The quantitative estimate of drug-likeness (QED) is 0.817. The highest BCUT2D eigenvalue weighted by Gasteiger charge is 2.25. The van der Waals surface area contributed by atoms with Gasteiger partial charge in [-0.1, -0.05) is 0 Å². The van der Waals surface area contributed by atoms with Crippen molar-refractivity contribution in [3.8, 4) is 0 Å². The molecule has 0 N–H and O–H groups in total. The van der Waals surface area contributed by atoms with Crippen LogP contribution in [0.25, 0.3) is 0 Å². The van der Waals surface area contributed by atoms with Gasteiger partial charge in [-0.25, -0.2) is 4.79 Å². The molecule has 2 rings (SSSR count). The largest absolute Gasteiger partial charge is 0.450 e. The molecule has 6 heteroatoms. The number of ether oxygens (including phenoxy) is 1. The normalized spacial score (nSPS) is 15.1. The Bertz CT molecular complexity index is 479. The second-order valence-corrected chi connectivity index (χ2v) is 4.67. The van der Waals surface area contributed by atoms with E-state index in [2.05, 4.69) is 4.98 Å². The van der Waals surface area contributed by atoms with Crippen molar-refractivity contribution in [2.45, 2.75) is 13.8 Å². The Hall–Kier alpha value is -2.11. The zero-order valence-corrected chi connectivity index (χ0v) is 11.8. The summed E-state index contributed by atoms with van der Waals surface area (Å²) in [6, 6.07) is 3.60. The van der Waals surface area contributed by atoms with Gasteiger partial charge >= 0.3 is 6.09 Å². The van der Waals surface area contributed by atoms with E-state index in [9.17, 15) is 9.59 Å². The monoisotopic (exact) mass is 277 g/mol. The molecule has 1 aliphatic rings. The fourth-order valence-corrected chi connectivity index (χ4v) is 2.08. The summed E-state index contributed by atoms with van der Waals surface area (Å²) >= 11 is 0. The van der Waals surface area contributed by atoms with E-state index >= 15 is 0 Å². The minimum absolute atomic E-state index is 0.0407. The van der Waals surface area contributed by atoms with Gasteiger partial charge in [0.05, 0.1) is 12.2 Å². The second-order valence-electron chi connectivity index (χ2n) is 4.67. The van der Waals surface area contributed by atoms with Crippen LogP contribution in [0, 0.1) is 6.92 Å². The summed E-state index contributed by atoms with van der Waals surface area (Å²) in [5.41, 5.74) is 1.47. The molecule has 0 bridgehead atoms. The molecule has 0 radical (unpaired) electrons. The molecule has 2 amide bonds. The standard InChI is InChI=1S/C14H19N3O3/c1-3-20-14(19)17-8-6-16(7-9-17)13(18)12-5-4-11(2)15-10-12/h4-5,10H,3,6-9H2,1-2H3. The maximum Gasteiger partial charge on any atom is 0.409 e. The molecule has 6 nitrogen and oxygen atoms in total. The maximum absolute atomic E-state index is 12.3. The van der Waals surface area contributed by atoms with Gasteiger partial charge in [-0.15, -0.1) is 0 Å². The predicted molar refractivity (Wildman–Crippen MR) is 73.5 cm³/mol. The highest BCUT2D eigenvalue weighted by molar-refractivity contribution is 5.94. The molecule has 0 aromatic carbocycles. The summed E-state index contributed by atoms with van der Waals surface area (Å²) in [5.74, 6) is -0.0407. The van der Waals surface area contributed by atoms with E-state index in [1.165, 1.54) is 0 Å². The van der Waals surface area contributed by atoms with E-state index < -0.39 is 0 Å². The van der Waals surface area contributed by atoms with Crippen molar-refractivity contribution in [3.05, 3.63) is 29.6 Å². The molecule has 1 fully saturated rings. The minimum Gasteiger partial charge on any atom is -0.450 e. The third kappa shape index (κ3) is 3.26. The van der Waals surface area contributed by atoms with E-state index in [1.807, 2.05) is 13.0 Å². The fourth-order valence-electron chi connectivity index (χ4n) is 2.08. The molecule has 1 aromatic rings. The van der Waals surface area contributed by atoms with Crippen LogP contribution in [-0.4, -0.2) is 59.6 Å². The molecule has 0 spiro atoms. The van der Waals surface area contributed by atoms with Gasteiger partial charge in [0.1, 0.15) is 0 Å². The molecule has 0 unspecified atom stereocenters. The van der Waals surface area contributed by atoms with Gasteiger partial charge in [-0.2, -0.15) is 0 Å². The van der Waals surface area contributed by atoms with Crippen LogP contribution >= 0.6 is 0 Å². The van der Waals surface area contributed by atoms with Crippen LogP contribution in [0.5, 0.6) is 0 Å². The van der Waals surface area contributed by atoms with Gasteiger partial charge in [0.15, 0.2) is 0 Å². The third-order valence-electron chi connectivity index (χ3n) is 3.25. The van der Waals surface area contributed by atoms with Crippen LogP contribution in [0.3, 0.4) is 0 Å². The van der Waals surface area contributed by atoms with Crippen LogP contribution in [0.15, 0.2) is 18.3 Å².